The third-order valence-corrected chi connectivity index (χ3v) is 0.805. The number of aliphatic hydroxyl groups is 2. The number of rotatable bonds is 3. The molecule has 13 heavy (non-hydrogen) atoms. The third-order valence-electron chi connectivity index (χ3n) is 0.805. The van der Waals surface area contributed by atoms with Gasteiger partial charge in [-0.05, 0) is 0 Å². The Kier molecular flexibility index (Phi) is 22.9. The first-order valence-electron chi connectivity index (χ1n) is 2.28. The minimum absolute atomic E-state index is 0. The maximum atomic E-state index is 9.77. The van der Waals surface area contributed by atoms with Crippen LogP contribution in [0.1, 0.15) is 1.43 Å². The second kappa shape index (κ2) is 12.2. The quantitative estimate of drug-likeness (QED) is 0.325. The van der Waals surface area contributed by atoms with E-state index in [0.29, 0.717) is 0 Å². The molecule has 0 bridgehead atoms. The van der Waals surface area contributed by atoms with E-state index in [1.165, 1.54) is 0 Å². The molecule has 0 aromatic rings. The Morgan fingerprint density at radius 3 is 1.15 bits per heavy atom. The van der Waals surface area contributed by atoms with E-state index in [2.05, 4.69) is 0 Å². The number of carbonyl (C=O) groups is 2. The van der Waals surface area contributed by atoms with E-state index in [0.717, 1.165) is 0 Å². The molecule has 0 aromatic heterocycles. The third kappa shape index (κ3) is 10.4. The zero-order chi connectivity index (χ0) is 8.31. The van der Waals surface area contributed by atoms with Crippen molar-refractivity contribution in [1.29, 1.82) is 0 Å². The molecule has 0 aliphatic heterocycles. The molecule has 0 amide bonds. The molecule has 0 aliphatic rings. The summed E-state index contributed by atoms with van der Waals surface area (Å²) < 4.78 is 0. The van der Waals surface area contributed by atoms with Crippen LogP contribution in [0.3, 0.4) is 0 Å². The number of carboxylic acid groups (broad SMARTS) is 2. The van der Waals surface area contributed by atoms with E-state index < -0.39 is 24.1 Å². The normalized spacial score (nSPS) is 12.2. The zero-order valence-corrected chi connectivity index (χ0v) is 18.4. The van der Waals surface area contributed by atoms with Crippen LogP contribution in [0, 0.1) is 0 Å². The molecule has 0 saturated heterocycles. The Morgan fingerprint density at radius 1 is 0.923 bits per heavy atom. The van der Waals surface area contributed by atoms with E-state index in [-0.39, 0.29) is 102 Å². The standard InChI is InChI=1S/C4H6O6.K.2Sb.7H/c5-1(3(7)8)2(6)4(9)10;;;;;;;;;;/h1-2,5-6H,(H,7,8)(H,9,10);;;;;;;;;;/q;+1;;;;;;;;;-1. The topological polar surface area (TPSA) is 115 Å². The molecule has 6 nitrogen and oxygen atoms in total. The number of aliphatic carboxylic acids is 2. The molecule has 76 valence electrons. The van der Waals surface area contributed by atoms with Gasteiger partial charge in [0, 0.05) is 0 Å². The van der Waals surface area contributed by atoms with E-state index in [1.807, 2.05) is 0 Å². The average molecular weight is 440 g/mol. The van der Waals surface area contributed by atoms with E-state index in [4.69, 9.17) is 20.4 Å². The van der Waals surface area contributed by atoms with E-state index >= 15 is 0 Å². The molecule has 0 aliphatic carbocycles. The fraction of sp³-hybridized carbons (Fsp3) is 0.500. The molecule has 0 fully saturated rings. The van der Waals surface area contributed by atoms with Gasteiger partial charge in [0.05, 0.1) is 0 Å². The van der Waals surface area contributed by atoms with Crippen LogP contribution in [-0.4, -0.2) is 93.4 Å². The van der Waals surface area contributed by atoms with E-state index in [9.17, 15) is 9.59 Å². The van der Waals surface area contributed by atoms with Crippen molar-refractivity contribution in [2.75, 3.05) is 0 Å². The van der Waals surface area contributed by atoms with Gasteiger partial charge in [-0.3, -0.25) is 0 Å². The maximum absolute atomic E-state index is 9.77. The van der Waals surface area contributed by atoms with Gasteiger partial charge >= 0.3 is 112 Å². The van der Waals surface area contributed by atoms with Crippen molar-refractivity contribution in [2.45, 2.75) is 12.2 Å². The van der Waals surface area contributed by atoms with Crippen molar-refractivity contribution in [1.82, 2.24) is 0 Å². The molecule has 0 radical (unpaired) electrons. The van der Waals surface area contributed by atoms with Crippen LogP contribution in [0.4, 0.5) is 0 Å². The molecule has 0 spiro atoms. The number of hydrogen-bond acceptors (Lipinski definition) is 4. The van der Waals surface area contributed by atoms with Crippen LogP contribution in [0.2, 0.25) is 0 Å². The van der Waals surface area contributed by atoms with Gasteiger partial charge < -0.3 is 21.9 Å². The van der Waals surface area contributed by atoms with E-state index in [1.54, 1.807) is 0 Å². The number of aliphatic hydroxyl groups excluding tert-OH is 2. The van der Waals surface area contributed by atoms with Gasteiger partial charge in [0.2, 0.25) is 0 Å². The summed E-state index contributed by atoms with van der Waals surface area (Å²) in [5.41, 5.74) is 0. The van der Waals surface area contributed by atoms with Crippen LogP contribution >= 0.6 is 0 Å². The van der Waals surface area contributed by atoms with Gasteiger partial charge in [0.15, 0.2) is 12.2 Å². The summed E-state index contributed by atoms with van der Waals surface area (Å²) in [6.45, 7) is 0. The summed E-state index contributed by atoms with van der Waals surface area (Å²) in [5, 5.41) is 32.5. The summed E-state index contributed by atoms with van der Waals surface area (Å²) in [7, 11) is 0. The molecular formula is C4H13KO6Sb2. The van der Waals surface area contributed by atoms with Gasteiger partial charge in [-0.2, -0.15) is 0 Å². The molecule has 2 atom stereocenters. The minimum atomic E-state index is -2.27. The first-order chi connectivity index (χ1) is 4.46. The predicted octanol–water partition coefficient (Wildman–Crippen LogP) is -7.37. The van der Waals surface area contributed by atoms with Crippen molar-refractivity contribution < 1.29 is 82.8 Å². The van der Waals surface area contributed by atoms with Gasteiger partial charge in [-0.1, -0.05) is 0 Å². The van der Waals surface area contributed by atoms with Crippen molar-refractivity contribution in [3.05, 3.63) is 0 Å². The van der Waals surface area contributed by atoms with Gasteiger partial charge in [0.25, 0.3) is 0 Å². The molecule has 0 rings (SSSR count). The van der Waals surface area contributed by atoms with Crippen LogP contribution in [0.15, 0.2) is 0 Å². The summed E-state index contributed by atoms with van der Waals surface area (Å²) >= 11 is 0. The summed E-state index contributed by atoms with van der Waals surface area (Å²) in [5.74, 6) is -3.54. The molecule has 0 heterocycles. The second-order valence-electron chi connectivity index (χ2n) is 1.57. The van der Waals surface area contributed by atoms with Crippen molar-refractivity contribution >= 4 is 60.8 Å². The first kappa shape index (κ1) is 24.4. The van der Waals surface area contributed by atoms with Crippen LogP contribution in [0.5, 0.6) is 0 Å². The molecule has 9 heteroatoms. The molecule has 0 saturated carbocycles. The molecule has 2 unspecified atom stereocenters. The zero-order valence-electron chi connectivity index (χ0n) is 8.17. The Morgan fingerprint density at radius 2 is 1.08 bits per heavy atom. The summed E-state index contributed by atoms with van der Waals surface area (Å²) in [6, 6.07) is 0. The monoisotopic (exact) mass is 438 g/mol. The Hall–Kier alpha value is 2.13. The van der Waals surface area contributed by atoms with Crippen molar-refractivity contribution in [3.63, 3.8) is 0 Å². The second-order valence-corrected chi connectivity index (χ2v) is 1.57. The Labute approximate surface area is 153 Å². The van der Waals surface area contributed by atoms with Crippen LogP contribution in [-0.2, 0) is 9.59 Å². The molecule has 0 aromatic carbocycles. The van der Waals surface area contributed by atoms with Crippen LogP contribution < -0.4 is 51.4 Å². The summed E-state index contributed by atoms with van der Waals surface area (Å²) in [4.78, 5) is 19.5. The fourth-order valence-corrected chi connectivity index (χ4v) is 0.270. The van der Waals surface area contributed by atoms with Crippen molar-refractivity contribution in [3.8, 4) is 0 Å². The first-order valence-corrected chi connectivity index (χ1v) is 2.28. The Balaban J connectivity index is -0.0000000675. The predicted molar refractivity (Wildman–Crippen MR) is 48.3 cm³/mol. The van der Waals surface area contributed by atoms with Crippen molar-refractivity contribution in [2.24, 2.45) is 0 Å². The van der Waals surface area contributed by atoms with Gasteiger partial charge in [-0.25, -0.2) is 9.59 Å². The average Bonchev–Trinajstić information content (AvgIpc) is 1.84. The fourth-order valence-electron chi connectivity index (χ4n) is 0.270. The van der Waals surface area contributed by atoms with Gasteiger partial charge in [-0.15, -0.1) is 0 Å². The SMILES string of the molecule is O=C(O)C(O)C(O)C(=O)O.[H-].[K+].[SbH3].[SbH3]. The molecule has 4 N–H and O–H groups in total. The molecular weight excluding hydrogens is 427 g/mol. The summed E-state index contributed by atoms with van der Waals surface area (Å²) in [6.07, 6.45) is -4.53. The van der Waals surface area contributed by atoms with Gasteiger partial charge in [0.1, 0.15) is 0 Å². The van der Waals surface area contributed by atoms with Crippen LogP contribution in [0.25, 0.3) is 0 Å². The number of hydrogen-bond donors (Lipinski definition) is 4. The number of carboxylic acids is 2. The Bertz CT molecular complexity index is 152.